The van der Waals surface area contributed by atoms with Gasteiger partial charge in [-0.05, 0) is 36.4 Å². The van der Waals surface area contributed by atoms with Crippen LogP contribution in [0.15, 0.2) is 48.5 Å². The maximum atomic E-state index is 12.7. The summed E-state index contributed by atoms with van der Waals surface area (Å²) in [5.74, 6) is -0.207. The van der Waals surface area contributed by atoms with E-state index in [9.17, 15) is 18.0 Å². The van der Waals surface area contributed by atoms with E-state index < -0.39 is 17.7 Å². The zero-order chi connectivity index (χ0) is 21.0. The van der Waals surface area contributed by atoms with Crippen molar-refractivity contribution in [1.29, 1.82) is 0 Å². The van der Waals surface area contributed by atoms with E-state index in [4.69, 9.17) is 9.47 Å². The second-order valence-corrected chi connectivity index (χ2v) is 6.92. The van der Waals surface area contributed by atoms with Crippen LogP contribution in [0.1, 0.15) is 20.8 Å². The van der Waals surface area contributed by atoms with Crippen molar-refractivity contribution in [1.82, 2.24) is 4.98 Å². The normalized spacial score (nSPS) is 11.3. The Balaban J connectivity index is 1.86. The number of carbonyl (C=O) groups is 1. The Hall–Kier alpha value is -2.91. The topological polar surface area (TPSA) is 57.7 Å². The molecule has 9 heteroatoms. The molecule has 0 N–H and O–H groups in total. The molecule has 0 saturated heterocycles. The maximum absolute atomic E-state index is 12.7. The summed E-state index contributed by atoms with van der Waals surface area (Å²) in [6.07, 6.45) is -4.41. The first-order valence-corrected chi connectivity index (χ1v) is 9.16. The van der Waals surface area contributed by atoms with Crippen LogP contribution < -0.4 is 4.74 Å². The highest BCUT2D eigenvalue weighted by atomic mass is 32.1. The van der Waals surface area contributed by atoms with Gasteiger partial charge in [0.2, 0.25) is 0 Å². The third-order valence-electron chi connectivity index (χ3n) is 3.92. The van der Waals surface area contributed by atoms with Gasteiger partial charge in [0.1, 0.15) is 5.75 Å². The minimum absolute atomic E-state index is 0.239. The predicted octanol–water partition coefficient (Wildman–Crippen LogP) is 5.55. The third kappa shape index (κ3) is 4.93. The number of hydrogen-bond donors (Lipinski definition) is 0. The lowest BCUT2D eigenvalue weighted by Gasteiger charge is -2.07. The van der Waals surface area contributed by atoms with Crippen LogP contribution in [0.2, 0.25) is 0 Å². The van der Waals surface area contributed by atoms with Gasteiger partial charge in [0.15, 0.2) is 0 Å². The second-order valence-electron chi connectivity index (χ2n) is 5.88. The Labute approximate surface area is 168 Å². The van der Waals surface area contributed by atoms with E-state index in [1.165, 1.54) is 30.6 Å². The Morgan fingerprint density at radius 3 is 2.24 bits per heavy atom. The summed E-state index contributed by atoms with van der Waals surface area (Å²) in [7, 11) is 2.85. The number of alkyl halides is 3. The van der Waals surface area contributed by atoms with Crippen molar-refractivity contribution in [3.8, 4) is 22.2 Å². The van der Waals surface area contributed by atoms with Crippen LogP contribution in [0.4, 0.5) is 13.2 Å². The molecule has 152 valence electrons. The minimum atomic E-state index is -4.41. The number of methoxy groups -OCH3 is 2. The van der Waals surface area contributed by atoms with Crippen molar-refractivity contribution in [2.24, 2.45) is 0 Å². The molecular formula is C20H16F3NO4S. The molecule has 3 rings (SSSR count). The van der Waals surface area contributed by atoms with Gasteiger partial charge in [-0.2, -0.15) is 13.2 Å². The monoisotopic (exact) mass is 423 g/mol. The molecule has 3 aromatic rings. The minimum Gasteiger partial charge on any atom is -0.465 e. The smallest absolute Gasteiger partial charge is 0.416 e. The number of rotatable bonds is 6. The van der Waals surface area contributed by atoms with E-state index >= 15 is 0 Å². The SMILES string of the molecule is COCc1sc(Oc2ccc(C(F)(F)F)cc2)nc1-c1ccc(C(=O)OC)cc1. The summed E-state index contributed by atoms with van der Waals surface area (Å²) >= 11 is 1.23. The number of nitrogens with zero attached hydrogens (tertiary/aromatic N) is 1. The average Bonchev–Trinajstić information content (AvgIpc) is 3.10. The molecule has 2 aromatic carbocycles. The number of aromatic nitrogens is 1. The summed E-state index contributed by atoms with van der Waals surface area (Å²) in [4.78, 5) is 16.8. The molecule has 0 aliphatic carbocycles. The fourth-order valence-electron chi connectivity index (χ4n) is 2.52. The highest BCUT2D eigenvalue weighted by molar-refractivity contribution is 7.13. The second kappa shape index (κ2) is 8.62. The number of thiazole rings is 1. The molecule has 0 unspecified atom stereocenters. The third-order valence-corrected chi connectivity index (χ3v) is 4.83. The van der Waals surface area contributed by atoms with E-state index in [0.717, 1.165) is 22.6 Å². The molecule has 1 heterocycles. The Bertz CT molecular complexity index is 982. The lowest BCUT2D eigenvalue weighted by Crippen LogP contribution is -2.03. The molecule has 1 aromatic heterocycles. The van der Waals surface area contributed by atoms with Crippen molar-refractivity contribution in [2.45, 2.75) is 12.8 Å². The molecule has 0 spiro atoms. The van der Waals surface area contributed by atoms with Crippen molar-refractivity contribution in [2.75, 3.05) is 14.2 Å². The lowest BCUT2D eigenvalue weighted by molar-refractivity contribution is -0.137. The number of ether oxygens (including phenoxy) is 3. The highest BCUT2D eigenvalue weighted by Crippen LogP contribution is 2.36. The van der Waals surface area contributed by atoms with Gasteiger partial charge in [0.25, 0.3) is 5.19 Å². The summed E-state index contributed by atoms with van der Waals surface area (Å²) in [5, 5.41) is 0.267. The van der Waals surface area contributed by atoms with Crippen LogP contribution in [0.5, 0.6) is 10.9 Å². The molecule has 0 bridgehead atoms. The van der Waals surface area contributed by atoms with Gasteiger partial charge in [-0.3, -0.25) is 0 Å². The van der Waals surface area contributed by atoms with Crippen molar-refractivity contribution < 1.29 is 32.2 Å². The van der Waals surface area contributed by atoms with Crippen LogP contribution in [0.25, 0.3) is 11.3 Å². The van der Waals surface area contributed by atoms with Gasteiger partial charge >= 0.3 is 12.1 Å². The van der Waals surface area contributed by atoms with E-state index in [1.807, 2.05) is 0 Å². The largest absolute Gasteiger partial charge is 0.465 e. The molecule has 0 saturated carbocycles. The molecule has 0 amide bonds. The fraction of sp³-hybridized carbons (Fsp3) is 0.200. The van der Waals surface area contributed by atoms with Gasteiger partial charge in [0, 0.05) is 12.7 Å². The van der Waals surface area contributed by atoms with Crippen molar-refractivity contribution in [3.63, 3.8) is 0 Å². The number of benzene rings is 2. The molecule has 0 radical (unpaired) electrons. The van der Waals surface area contributed by atoms with E-state index in [1.54, 1.807) is 31.4 Å². The zero-order valence-corrected chi connectivity index (χ0v) is 16.3. The van der Waals surface area contributed by atoms with E-state index in [0.29, 0.717) is 11.3 Å². The molecule has 0 fully saturated rings. The van der Waals surface area contributed by atoms with Crippen molar-refractivity contribution in [3.05, 3.63) is 64.5 Å². The molecular weight excluding hydrogens is 407 g/mol. The molecule has 0 atom stereocenters. The van der Waals surface area contributed by atoms with Gasteiger partial charge < -0.3 is 14.2 Å². The highest BCUT2D eigenvalue weighted by Gasteiger charge is 2.30. The molecule has 29 heavy (non-hydrogen) atoms. The van der Waals surface area contributed by atoms with Gasteiger partial charge in [0.05, 0.1) is 35.4 Å². The summed E-state index contributed by atoms with van der Waals surface area (Å²) in [6, 6.07) is 11.1. The van der Waals surface area contributed by atoms with Gasteiger partial charge in [-0.15, -0.1) is 0 Å². The molecule has 5 nitrogen and oxygen atoms in total. The van der Waals surface area contributed by atoms with Crippen molar-refractivity contribution >= 4 is 17.3 Å². The maximum Gasteiger partial charge on any atom is 0.416 e. The van der Waals surface area contributed by atoms with Crippen LogP contribution in [-0.4, -0.2) is 25.2 Å². The van der Waals surface area contributed by atoms with E-state index in [2.05, 4.69) is 9.72 Å². The molecule has 0 aliphatic heterocycles. The number of halogens is 3. The van der Waals surface area contributed by atoms with Gasteiger partial charge in [-0.25, -0.2) is 9.78 Å². The van der Waals surface area contributed by atoms with Crippen LogP contribution >= 0.6 is 11.3 Å². The standard InChI is InChI=1S/C20H16F3NO4S/c1-26-11-16-17(12-3-5-13(6-4-12)18(25)27-2)24-19(29-16)28-15-9-7-14(8-10-15)20(21,22)23/h3-10H,11H2,1-2H3. The predicted molar refractivity (Wildman–Crippen MR) is 101 cm³/mol. The Kier molecular flexibility index (Phi) is 6.19. The zero-order valence-electron chi connectivity index (χ0n) is 15.4. The summed E-state index contributed by atoms with van der Waals surface area (Å²) < 4.78 is 53.6. The lowest BCUT2D eigenvalue weighted by atomic mass is 10.1. The van der Waals surface area contributed by atoms with Gasteiger partial charge in [-0.1, -0.05) is 23.5 Å². The first kappa shape index (κ1) is 20.8. The molecule has 0 aliphatic rings. The van der Waals surface area contributed by atoms with E-state index in [-0.39, 0.29) is 17.6 Å². The fourth-order valence-corrected chi connectivity index (χ4v) is 3.45. The Morgan fingerprint density at radius 1 is 1.03 bits per heavy atom. The number of hydrogen-bond acceptors (Lipinski definition) is 6. The first-order chi connectivity index (χ1) is 13.8. The average molecular weight is 423 g/mol. The summed E-state index contributed by atoms with van der Waals surface area (Å²) in [6.45, 7) is 0.280. The van der Waals surface area contributed by atoms with Crippen LogP contribution in [0, 0.1) is 0 Å². The van der Waals surface area contributed by atoms with Crippen LogP contribution in [0.3, 0.4) is 0 Å². The Morgan fingerprint density at radius 2 is 1.69 bits per heavy atom. The summed E-state index contributed by atoms with van der Waals surface area (Å²) in [5.41, 5.74) is 0.995. The van der Waals surface area contributed by atoms with Crippen LogP contribution in [-0.2, 0) is 22.3 Å². The first-order valence-electron chi connectivity index (χ1n) is 8.34. The number of carbonyl (C=O) groups excluding carboxylic acids is 1. The number of esters is 1. The quantitative estimate of drug-likeness (QED) is 0.486.